The van der Waals surface area contributed by atoms with Crippen molar-refractivity contribution in [1.82, 2.24) is 0 Å². The topological polar surface area (TPSA) is 20.3 Å². The zero-order chi connectivity index (χ0) is 29.5. The summed E-state index contributed by atoms with van der Waals surface area (Å²) in [4.78, 5) is 15.5. The first-order valence-electron chi connectivity index (χ1n) is 14.9. The smallest absolute Gasteiger partial charge is 0.224 e. The summed E-state index contributed by atoms with van der Waals surface area (Å²) in [6.07, 6.45) is 0.830. The highest BCUT2D eigenvalue weighted by Crippen LogP contribution is 2.53. The summed E-state index contributed by atoms with van der Waals surface area (Å²) >= 11 is 0. The number of hydrogen-bond acceptors (Lipinski definition) is 1. The van der Waals surface area contributed by atoms with Gasteiger partial charge < -0.3 is 4.90 Å². The first-order chi connectivity index (χ1) is 20.2. The molecule has 6 rings (SSSR count). The van der Waals surface area contributed by atoms with E-state index in [1.165, 1.54) is 33.4 Å². The Hall–Kier alpha value is -4.43. The van der Waals surface area contributed by atoms with Crippen LogP contribution in [0.5, 0.6) is 0 Å². The van der Waals surface area contributed by atoms with Gasteiger partial charge in [0.25, 0.3) is 0 Å². The number of aryl methyl sites for hydroxylation is 1. The SMILES string of the molecule is CC(=O)N1c2cc(C(c3ccccc3)(c3ccccc3)c3ccccc3)ccc2C(C)(c2ccc(C)cc2)CC1(C)C. The lowest BCUT2D eigenvalue weighted by Gasteiger charge is -2.51. The maximum atomic E-state index is 13.5. The van der Waals surface area contributed by atoms with Crippen molar-refractivity contribution in [3.05, 3.63) is 172 Å². The van der Waals surface area contributed by atoms with Crippen molar-refractivity contribution in [2.45, 2.75) is 57.4 Å². The molecule has 0 bridgehead atoms. The average molecular weight is 550 g/mol. The summed E-state index contributed by atoms with van der Waals surface area (Å²) in [5.74, 6) is 0.0640. The second-order valence-electron chi connectivity index (χ2n) is 12.6. The van der Waals surface area contributed by atoms with E-state index < -0.39 is 5.41 Å². The fourth-order valence-electron chi connectivity index (χ4n) is 7.62. The highest BCUT2D eigenvalue weighted by molar-refractivity contribution is 5.95. The summed E-state index contributed by atoms with van der Waals surface area (Å²) in [5, 5.41) is 0. The van der Waals surface area contributed by atoms with Crippen LogP contribution in [0, 0.1) is 6.92 Å². The Morgan fingerprint density at radius 3 is 1.57 bits per heavy atom. The maximum absolute atomic E-state index is 13.5. The summed E-state index contributed by atoms with van der Waals surface area (Å²) in [5.41, 5.74) is 8.19. The van der Waals surface area contributed by atoms with Crippen LogP contribution in [-0.2, 0) is 15.6 Å². The summed E-state index contributed by atoms with van der Waals surface area (Å²) in [6, 6.07) is 48.1. The van der Waals surface area contributed by atoms with Gasteiger partial charge in [-0.25, -0.2) is 0 Å². The van der Waals surface area contributed by atoms with E-state index in [4.69, 9.17) is 0 Å². The molecule has 2 nitrogen and oxygen atoms in total. The van der Waals surface area contributed by atoms with Crippen LogP contribution < -0.4 is 4.90 Å². The van der Waals surface area contributed by atoms with Crippen LogP contribution in [0.25, 0.3) is 0 Å². The Kier molecular flexibility index (Phi) is 6.89. The third-order valence-electron chi connectivity index (χ3n) is 9.28. The Morgan fingerprint density at radius 1 is 0.643 bits per heavy atom. The van der Waals surface area contributed by atoms with Gasteiger partial charge in [0.05, 0.1) is 5.41 Å². The minimum atomic E-state index is -0.580. The highest BCUT2D eigenvalue weighted by atomic mass is 16.2. The molecule has 0 aliphatic carbocycles. The molecule has 0 radical (unpaired) electrons. The third-order valence-corrected chi connectivity index (χ3v) is 9.28. The van der Waals surface area contributed by atoms with Crippen molar-refractivity contribution < 1.29 is 4.79 Å². The minimum absolute atomic E-state index is 0.0640. The van der Waals surface area contributed by atoms with Gasteiger partial charge in [-0.2, -0.15) is 0 Å². The van der Waals surface area contributed by atoms with Crippen LogP contribution in [0.15, 0.2) is 133 Å². The quantitative estimate of drug-likeness (QED) is 0.200. The molecule has 0 saturated carbocycles. The van der Waals surface area contributed by atoms with Crippen LogP contribution in [0.2, 0.25) is 0 Å². The van der Waals surface area contributed by atoms with E-state index in [1.54, 1.807) is 6.92 Å². The summed E-state index contributed by atoms with van der Waals surface area (Å²) < 4.78 is 0. The molecule has 1 heterocycles. The molecule has 5 aromatic carbocycles. The number of amides is 1. The molecule has 0 spiro atoms. The van der Waals surface area contributed by atoms with Gasteiger partial charge in [0, 0.05) is 23.6 Å². The minimum Gasteiger partial charge on any atom is -0.307 e. The highest BCUT2D eigenvalue weighted by Gasteiger charge is 2.48. The monoisotopic (exact) mass is 549 g/mol. The van der Waals surface area contributed by atoms with Gasteiger partial charge in [-0.3, -0.25) is 4.79 Å². The van der Waals surface area contributed by atoms with Crippen LogP contribution in [0.4, 0.5) is 5.69 Å². The van der Waals surface area contributed by atoms with Crippen molar-refractivity contribution in [3.63, 3.8) is 0 Å². The molecular weight excluding hydrogens is 510 g/mol. The molecule has 2 heteroatoms. The molecule has 1 amide bonds. The van der Waals surface area contributed by atoms with Gasteiger partial charge >= 0.3 is 0 Å². The summed E-state index contributed by atoms with van der Waals surface area (Å²) in [6.45, 7) is 10.6. The molecule has 0 N–H and O–H groups in total. The first kappa shape index (κ1) is 27.7. The predicted molar refractivity (Wildman–Crippen MR) is 174 cm³/mol. The van der Waals surface area contributed by atoms with Crippen LogP contribution in [0.1, 0.15) is 73.1 Å². The molecular formula is C40H39NO. The van der Waals surface area contributed by atoms with Crippen molar-refractivity contribution in [2.24, 2.45) is 0 Å². The molecule has 210 valence electrons. The lowest BCUT2D eigenvalue weighted by atomic mass is 9.62. The molecule has 5 aromatic rings. The van der Waals surface area contributed by atoms with Gasteiger partial charge in [0.2, 0.25) is 5.91 Å². The van der Waals surface area contributed by atoms with Gasteiger partial charge in [0.15, 0.2) is 0 Å². The number of carbonyl (C=O) groups excluding carboxylic acids is 1. The zero-order valence-corrected chi connectivity index (χ0v) is 25.3. The third kappa shape index (κ3) is 4.38. The zero-order valence-electron chi connectivity index (χ0n) is 25.3. The number of carbonyl (C=O) groups is 1. The number of rotatable bonds is 5. The van der Waals surface area contributed by atoms with Crippen molar-refractivity contribution in [3.8, 4) is 0 Å². The van der Waals surface area contributed by atoms with Gasteiger partial charge in [-0.05, 0) is 66.6 Å². The Balaban J connectivity index is 1.71. The van der Waals surface area contributed by atoms with Crippen LogP contribution in [0.3, 0.4) is 0 Å². The van der Waals surface area contributed by atoms with E-state index in [2.05, 4.69) is 161 Å². The molecule has 1 aliphatic rings. The van der Waals surface area contributed by atoms with Gasteiger partial charge in [-0.15, -0.1) is 0 Å². The molecule has 0 fully saturated rings. The fraction of sp³-hybridized carbons (Fsp3) is 0.225. The Labute approximate surface area is 250 Å². The molecule has 42 heavy (non-hydrogen) atoms. The van der Waals surface area contributed by atoms with Crippen LogP contribution >= 0.6 is 0 Å². The van der Waals surface area contributed by atoms with Gasteiger partial charge in [-0.1, -0.05) is 140 Å². The predicted octanol–water partition coefficient (Wildman–Crippen LogP) is 9.22. The van der Waals surface area contributed by atoms with E-state index in [0.717, 1.165) is 17.7 Å². The Bertz CT molecular complexity index is 1610. The summed E-state index contributed by atoms with van der Waals surface area (Å²) in [7, 11) is 0. The number of hydrogen-bond donors (Lipinski definition) is 0. The normalized spacial score (nSPS) is 17.9. The number of benzene rings is 5. The second kappa shape index (κ2) is 10.4. The van der Waals surface area contributed by atoms with Crippen LogP contribution in [-0.4, -0.2) is 11.4 Å². The van der Waals surface area contributed by atoms with E-state index in [1.807, 2.05) is 4.90 Å². The van der Waals surface area contributed by atoms with Crippen molar-refractivity contribution >= 4 is 11.6 Å². The van der Waals surface area contributed by atoms with E-state index in [-0.39, 0.29) is 16.9 Å². The Morgan fingerprint density at radius 2 is 1.12 bits per heavy atom. The number of nitrogens with zero attached hydrogens (tertiary/aromatic N) is 1. The van der Waals surface area contributed by atoms with E-state index >= 15 is 0 Å². The number of anilines is 1. The molecule has 1 atom stereocenters. The largest absolute Gasteiger partial charge is 0.307 e. The van der Waals surface area contributed by atoms with Gasteiger partial charge in [0.1, 0.15) is 0 Å². The standard InChI is InChI=1S/C40H39NO/c1-29-21-23-31(24-22-29)39(5)28-38(3,4)41(30(2)42)37-27-35(25-26-36(37)39)40(32-15-9-6-10-16-32,33-17-11-7-12-18-33)34-19-13-8-14-20-34/h6-27H,28H2,1-5H3. The molecule has 1 unspecified atom stereocenters. The lowest BCUT2D eigenvalue weighted by molar-refractivity contribution is -0.117. The lowest BCUT2D eigenvalue weighted by Crippen LogP contribution is -2.55. The molecule has 0 saturated heterocycles. The maximum Gasteiger partial charge on any atom is 0.224 e. The van der Waals surface area contributed by atoms with E-state index in [0.29, 0.717) is 0 Å². The molecule has 0 aromatic heterocycles. The second-order valence-corrected chi connectivity index (χ2v) is 12.6. The van der Waals surface area contributed by atoms with Crippen molar-refractivity contribution in [1.29, 1.82) is 0 Å². The molecule has 1 aliphatic heterocycles. The fourth-order valence-corrected chi connectivity index (χ4v) is 7.62. The average Bonchev–Trinajstić information content (AvgIpc) is 2.99. The first-order valence-corrected chi connectivity index (χ1v) is 14.9. The van der Waals surface area contributed by atoms with Crippen molar-refractivity contribution in [2.75, 3.05) is 4.90 Å². The number of fused-ring (bicyclic) bond motifs is 1. The van der Waals surface area contributed by atoms with E-state index in [9.17, 15) is 4.79 Å².